The predicted octanol–water partition coefficient (Wildman–Crippen LogP) is 8.61. The number of allylic oxidation sites excluding steroid dienone is 2. The first kappa shape index (κ1) is 32.4. The average Bonchev–Trinajstić information content (AvgIpc) is 3.00. The predicted molar refractivity (Wildman–Crippen MR) is 171 cm³/mol. The summed E-state index contributed by atoms with van der Waals surface area (Å²) in [6.45, 7) is 18.7. The minimum absolute atomic E-state index is 0.127. The van der Waals surface area contributed by atoms with Crippen LogP contribution in [0.15, 0.2) is 86.0 Å². The van der Waals surface area contributed by atoms with Gasteiger partial charge in [-0.25, -0.2) is 0 Å². The monoisotopic (exact) mass is 572 g/mol. The fourth-order valence-electron chi connectivity index (χ4n) is 7.36. The van der Waals surface area contributed by atoms with Gasteiger partial charge in [-0.2, -0.15) is 0 Å². The summed E-state index contributed by atoms with van der Waals surface area (Å²) in [5, 5.41) is 0. The number of carbonyl (C=O) groups excluding carboxylic acids is 1. The number of ether oxygens (including phenoxy) is 3. The summed E-state index contributed by atoms with van der Waals surface area (Å²) in [4.78, 5) is 13.6. The van der Waals surface area contributed by atoms with E-state index in [9.17, 15) is 4.79 Å². The fourth-order valence-corrected chi connectivity index (χ4v) is 7.36. The van der Waals surface area contributed by atoms with Crippen LogP contribution in [0.1, 0.15) is 70.9 Å². The largest absolute Gasteiger partial charge is 0.376 e. The van der Waals surface area contributed by atoms with Crippen molar-refractivity contribution < 1.29 is 19.0 Å². The number of ketones is 1. The molecule has 1 aliphatic carbocycles. The molecule has 4 heteroatoms. The fraction of sp³-hybridized carbons (Fsp3) is 0.553. The van der Waals surface area contributed by atoms with Crippen LogP contribution in [0.2, 0.25) is 0 Å². The highest BCUT2D eigenvalue weighted by atomic mass is 16.6. The Kier molecular flexibility index (Phi) is 11.8. The van der Waals surface area contributed by atoms with Crippen molar-refractivity contribution in [2.75, 3.05) is 6.61 Å². The molecule has 4 nitrogen and oxygen atoms in total. The van der Waals surface area contributed by atoms with Crippen LogP contribution in [0.4, 0.5) is 0 Å². The molecule has 2 fully saturated rings. The molecule has 1 aliphatic heterocycles. The molecule has 0 radical (unpaired) electrons. The number of carbonyl (C=O) groups is 1. The number of Topliss-reactive ketones (excluding diaryl/α,β-unsaturated/α-hetero) is 1. The standard InChI is InChI=1S/C38H52O4/c1-7-15-34-21-33(26-40-24-31-16-11-9-12-17-31)29(5)23-38(34,41-25-32-18-13-10-14-19-32)36-22-35(39)30(6)37(42-36)28(4)20-27(3)8-2/h7-14,16-19,27-30,33-34,36-37H,1-2,15,20-26H2,3-6H3/t27-,28-,29+,30-,33-,34+,36-,37-,38+/m1/s1. The van der Waals surface area contributed by atoms with Crippen LogP contribution < -0.4 is 0 Å². The Morgan fingerprint density at radius 3 is 2.26 bits per heavy atom. The molecule has 1 saturated carbocycles. The van der Waals surface area contributed by atoms with Crippen LogP contribution in [0, 0.1) is 35.5 Å². The van der Waals surface area contributed by atoms with Crippen molar-refractivity contribution in [2.24, 2.45) is 35.5 Å². The lowest BCUT2D eigenvalue weighted by molar-refractivity contribution is -0.242. The lowest BCUT2D eigenvalue weighted by atomic mass is 9.61. The Labute approximate surface area is 254 Å². The molecule has 2 aromatic rings. The molecule has 2 aromatic carbocycles. The maximum absolute atomic E-state index is 13.6. The summed E-state index contributed by atoms with van der Waals surface area (Å²) in [5.41, 5.74) is 1.74. The van der Waals surface area contributed by atoms with E-state index in [0.717, 1.165) is 31.2 Å². The van der Waals surface area contributed by atoms with Crippen molar-refractivity contribution in [2.45, 2.75) is 90.8 Å². The molecule has 228 valence electrons. The van der Waals surface area contributed by atoms with Crippen molar-refractivity contribution >= 4 is 5.78 Å². The number of rotatable bonds is 14. The van der Waals surface area contributed by atoms with Crippen LogP contribution in [-0.2, 0) is 32.2 Å². The highest BCUT2D eigenvalue weighted by Crippen LogP contribution is 2.50. The molecule has 42 heavy (non-hydrogen) atoms. The zero-order chi connectivity index (χ0) is 30.1. The summed E-state index contributed by atoms with van der Waals surface area (Å²) < 4.78 is 20.4. The van der Waals surface area contributed by atoms with Gasteiger partial charge in [0.15, 0.2) is 0 Å². The first-order chi connectivity index (χ1) is 20.3. The Morgan fingerprint density at radius 2 is 1.64 bits per heavy atom. The van der Waals surface area contributed by atoms with Crippen molar-refractivity contribution in [3.05, 3.63) is 97.1 Å². The summed E-state index contributed by atoms with van der Waals surface area (Å²) >= 11 is 0. The topological polar surface area (TPSA) is 44.8 Å². The van der Waals surface area contributed by atoms with Gasteiger partial charge in [0.1, 0.15) is 5.78 Å². The molecule has 2 aliphatic rings. The summed E-state index contributed by atoms with van der Waals surface area (Å²) in [6, 6.07) is 20.7. The van der Waals surface area contributed by atoms with Gasteiger partial charge in [0.25, 0.3) is 0 Å². The second-order valence-corrected chi connectivity index (χ2v) is 13.1. The van der Waals surface area contributed by atoms with Gasteiger partial charge in [-0.05, 0) is 66.4 Å². The van der Waals surface area contributed by atoms with Gasteiger partial charge < -0.3 is 14.2 Å². The second kappa shape index (κ2) is 15.3. The lowest BCUT2D eigenvalue weighted by Crippen LogP contribution is -2.61. The number of hydrogen-bond acceptors (Lipinski definition) is 4. The number of hydrogen-bond donors (Lipinski definition) is 0. The van der Waals surface area contributed by atoms with Crippen LogP contribution in [0.25, 0.3) is 0 Å². The molecule has 1 saturated heterocycles. The third-order valence-electron chi connectivity index (χ3n) is 9.93. The Bertz CT molecular complexity index is 1130. The van der Waals surface area contributed by atoms with Crippen molar-refractivity contribution in [3.8, 4) is 0 Å². The minimum Gasteiger partial charge on any atom is -0.376 e. The maximum atomic E-state index is 13.6. The van der Waals surface area contributed by atoms with Crippen molar-refractivity contribution in [3.63, 3.8) is 0 Å². The molecule has 0 bridgehead atoms. The van der Waals surface area contributed by atoms with Crippen molar-refractivity contribution in [1.29, 1.82) is 0 Å². The summed E-state index contributed by atoms with van der Waals surface area (Å²) in [6.07, 6.45) is 7.52. The molecule has 0 amide bonds. The first-order valence-electron chi connectivity index (χ1n) is 16.0. The molecule has 0 unspecified atom stereocenters. The quantitative estimate of drug-likeness (QED) is 0.213. The van der Waals surface area contributed by atoms with Gasteiger partial charge in [-0.1, -0.05) is 101 Å². The van der Waals surface area contributed by atoms with Crippen LogP contribution >= 0.6 is 0 Å². The van der Waals surface area contributed by atoms with E-state index in [1.165, 1.54) is 5.56 Å². The molecule has 9 atom stereocenters. The van der Waals surface area contributed by atoms with E-state index in [0.29, 0.717) is 44.0 Å². The molecule has 0 aromatic heterocycles. The Hall–Kier alpha value is -2.53. The minimum atomic E-state index is -0.586. The Morgan fingerprint density at radius 1 is 1.00 bits per heavy atom. The van der Waals surface area contributed by atoms with E-state index in [1.54, 1.807) is 0 Å². The van der Waals surface area contributed by atoms with E-state index in [-0.39, 0.29) is 35.7 Å². The van der Waals surface area contributed by atoms with Gasteiger partial charge in [0, 0.05) is 12.3 Å². The van der Waals surface area contributed by atoms with Gasteiger partial charge in [0.05, 0.1) is 37.6 Å². The molecular formula is C38H52O4. The molecule has 4 rings (SSSR count). The van der Waals surface area contributed by atoms with Gasteiger partial charge in [0.2, 0.25) is 0 Å². The second-order valence-electron chi connectivity index (χ2n) is 13.1. The van der Waals surface area contributed by atoms with Gasteiger partial charge in [-0.15, -0.1) is 13.2 Å². The smallest absolute Gasteiger partial charge is 0.140 e. The van der Waals surface area contributed by atoms with Gasteiger partial charge >= 0.3 is 0 Å². The number of benzene rings is 2. The van der Waals surface area contributed by atoms with E-state index in [4.69, 9.17) is 14.2 Å². The lowest BCUT2D eigenvalue weighted by Gasteiger charge is -2.55. The zero-order valence-corrected chi connectivity index (χ0v) is 26.3. The third-order valence-corrected chi connectivity index (χ3v) is 9.93. The van der Waals surface area contributed by atoms with E-state index in [2.05, 4.69) is 82.5 Å². The first-order valence-corrected chi connectivity index (χ1v) is 16.0. The molecule has 1 heterocycles. The third kappa shape index (κ3) is 7.89. The van der Waals surface area contributed by atoms with Crippen molar-refractivity contribution in [1.82, 2.24) is 0 Å². The Balaban J connectivity index is 1.60. The van der Waals surface area contributed by atoms with E-state index >= 15 is 0 Å². The normalized spacial score (nSPS) is 31.3. The summed E-state index contributed by atoms with van der Waals surface area (Å²) in [7, 11) is 0. The molecule has 0 spiro atoms. The average molecular weight is 573 g/mol. The summed E-state index contributed by atoms with van der Waals surface area (Å²) in [5.74, 6) is 1.70. The highest BCUT2D eigenvalue weighted by molar-refractivity contribution is 5.82. The van der Waals surface area contributed by atoms with Gasteiger partial charge in [-0.3, -0.25) is 4.79 Å². The van der Waals surface area contributed by atoms with Crippen LogP contribution in [0.3, 0.4) is 0 Å². The maximum Gasteiger partial charge on any atom is 0.140 e. The van der Waals surface area contributed by atoms with Crippen LogP contribution in [-0.4, -0.2) is 30.2 Å². The zero-order valence-electron chi connectivity index (χ0n) is 26.3. The SMILES string of the molecule is C=CC[C@H]1C[C@H](COCc2ccccc2)[C@@H](C)C[C@@]1(OCc1ccccc1)[C@H]1CC(=O)[C@@H](C)[C@@H]([C@H](C)C[C@H](C)C=C)O1. The van der Waals surface area contributed by atoms with Crippen LogP contribution in [0.5, 0.6) is 0 Å². The highest BCUT2D eigenvalue weighted by Gasteiger charge is 2.55. The van der Waals surface area contributed by atoms with E-state index < -0.39 is 5.60 Å². The van der Waals surface area contributed by atoms with E-state index in [1.807, 2.05) is 31.2 Å². The molecular weight excluding hydrogens is 520 g/mol. The molecule has 0 N–H and O–H groups in total.